The van der Waals surface area contributed by atoms with Crippen molar-refractivity contribution in [2.45, 2.75) is 19.1 Å². The van der Waals surface area contributed by atoms with Crippen LogP contribution in [-0.2, 0) is 0 Å². The van der Waals surface area contributed by atoms with E-state index in [9.17, 15) is 13.2 Å². The highest BCUT2D eigenvalue weighted by Gasteiger charge is 2.39. The van der Waals surface area contributed by atoms with Crippen molar-refractivity contribution in [3.63, 3.8) is 0 Å². The average Bonchev–Trinajstić information content (AvgIpc) is 2.20. The summed E-state index contributed by atoms with van der Waals surface area (Å²) in [6.45, 7) is 2.31. The Morgan fingerprint density at radius 1 is 1.25 bits per heavy atom. The molecule has 0 radical (unpaired) electrons. The molecular formula is C11H14F3NO. The first kappa shape index (κ1) is 12.8. The van der Waals surface area contributed by atoms with E-state index in [0.29, 0.717) is 12.4 Å². The van der Waals surface area contributed by atoms with Crippen molar-refractivity contribution >= 4 is 0 Å². The minimum atomic E-state index is -4.29. The van der Waals surface area contributed by atoms with E-state index in [-0.39, 0.29) is 5.56 Å². The summed E-state index contributed by atoms with van der Waals surface area (Å²) in [5.41, 5.74) is 0.179. The molecule has 2 nitrogen and oxygen atoms in total. The highest BCUT2D eigenvalue weighted by molar-refractivity contribution is 5.29. The molecule has 16 heavy (non-hydrogen) atoms. The molecule has 0 saturated carbocycles. The number of alkyl halides is 3. The third-order valence-electron chi connectivity index (χ3n) is 2.14. The van der Waals surface area contributed by atoms with Crippen molar-refractivity contribution < 1.29 is 17.9 Å². The third-order valence-corrected chi connectivity index (χ3v) is 2.14. The van der Waals surface area contributed by atoms with Crippen LogP contribution in [0.25, 0.3) is 0 Å². The number of hydrogen-bond donors (Lipinski definition) is 1. The van der Waals surface area contributed by atoms with E-state index in [2.05, 4.69) is 5.32 Å². The molecule has 1 aromatic rings. The normalized spacial score (nSPS) is 13.6. The molecule has 1 unspecified atom stereocenters. The highest BCUT2D eigenvalue weighted by Crippen LogP contribution is 2.32. The van der Waals surface area contributed by atoms with Gasteiger partial charge < -0.3 is 10.1 Å². The van der Waals surface area contributed by atoms with Crippen LogP contribution in [0, 0.1) is 0 Å². The van der Waals surface area contributed by atoms with E-state index < -0.39 is 12.2 Å². The zero-order valence-corrected chi connectivity index (χ0v) is 9.14. The quantitative estimate of drug-likeness (QED) is 0.863. The van der Waals surface area contributed by atoms with Gasteiger partial charge in [-0.1, -0.05) is 12.1 Å². The molecule has 0 aliphatic rings. The molecule has 1 rings (SSSR count). The Bertz CT molecular complexity index is 321. The number of ether oxygens (including phenoxy) is 1. The Hall–Kier alpha value is -1.23. The van der Waals surface area contributed by atoms with Gasteiger partial charge in [0.25, 0.3) is 0 Å². The molecule has 0 aliphatic heterocycles. The lowest BCUT2D eigenvalue weighted by atomic mass is 10.1. The molecule has 1 atom stereocenters. The maximum Gasteiger partial charge on any atom is 0.407 e. The summed E-state index contributed by atoms with van der Waals surface area (Å²) in [5.74, 6) is 0.572. The Labute approximate surface area is 92.4 Å². The molecule has 0 heterocycles. The van der Waals surface area contributed by atoms with Gasteiger partial charge in [-0.15, -0.1) is 0 Å². The SMILES string of the molecule is CCOc1ccc(C(NC)C(F)(F)F)cc1. The predicted molar refractivity (Wildman–Crippen MR) is 55.5 cm³/mol. The first-order chi connectivity index (χ1) is 7.49. The Morgan fingerprint density at radius 2 is 1.81 bits per heavy atom. The van der Waals surface area contributed by atoms with Crippen LogP contribution in [0.2, 0.25) is 0 Å². The molecule has 0 saturated heterocycles. The van der Waals surface area contributed by atoms with Gasteiger partial charge in [0, 0.05) is 0 Å². The van der Waals surface area contributed by atoms with Crippen LogP contribution in [0.5, 0.6) is 5.75 Å². The second kappa shape index (κ2) is 5.21. The molecular weight excluding hydrogens is 219 g/mol. The fourth-order valence-corrected chi connectivity index (χ4v) is 1.44. The molecule has 1 N–H and O–H groups in total. The van der Waals surface area contributed by atoms with Gasteiger partial charge in [-0.3, -0.25) is 0 Å². The smallest absolute Gasteiger partial charge is 0.407 e. The van der Waals surface area contributed by atoms with Crippen molar-refractivity contribution in [3.8, 4) is 5.75 Å². The van der Waals surface area contributed by atoms with Crippen molar-refractivity contribution in [1.29, 1.82) is 0 Å². The van der Waals surface area contributed by atoms with Crippen LogP contribution in [0.4, 0.5) is 13.2 Å². The summed E-state index contributed by atoms with van der Waals surface area (Å²) in [6, 6.07) is 4.27. The molecule has 0 amide bonds. The van der Waals surface area contributed by atoms with Gasteiger partial charge in [0.1, 0.15) is 11.8 Å². The maximum atomic E-state index is 12.6. The fraction of sp³-hybridized carbons (Fsp3) is 0.455. The van der Waals surface area contributed by atoms with Gasteiger partial charge in [-0.2, -0.15) is 13.2 Å². The average molecular weight is 233 g/mol. The summed E-state index contributed by atoms with van der Waals surface area (Å²) < 4.78 is 42.8. The topological polar surface area (TPSA) is 21.3 Å². The van der Waals surface area contributed by atoms with E-state index in [1.807, 2.05) is 6.92 Å². The maximum absolute atomic E-state index is 12.6. The van der Waals surface area contributed by atoms with Gasteiger partial charge in [0.05, 0.1) is 6.61 Å². The van der Waals surface area contributed by atoms with Crippen LogP contribution >= 0.6 is 0 Å². The van der Waals surface area contributed by atoms with E-state index in [1.165, 1.54) is 31.3 Å². The summed E-state index contributed by atoms with van der Waals surface area (Å²) >= 11 is 0. The molecule has 0 aromatic heterocycles. The first-order valence-corrected chi connectivity index (χ1v) is 4.95. The minimum absolute atomic E-state index is 0.179. The number of nitrogens with one attached hydrogen (secondary N) is 1. The van der Waals surface area contributed by atoms with E-state index in [4.69, 9.17) is 4.74 Å². The third kappa shape index (κ3) is 3.13. The fourth-order valence-electron chi connectivity index (χ4n) is 1.44. The van der Waals surface area contributed by atoms with Crippen LogP contribution in [-0.4, -0.2) is 19.8 Å². The Balaban J connectivity index is 2.87. The van der Waals surface area contributed by atoms with Crippen LogP contribution < -0.4 is 10.1 Å². The molecule has 0 spiro atoms. The van der Waals surface area contributed by atoms with Crippen LogP contribution in [0.15, 0.2) is 24.3 Å². The monoisotopic (exact) mass is 233 g/mol. The Kier molecular flexibility index (Phi) is 4.18. The van der Waals surface area contributed by atoms with Crippen LogP contribution in [0.3, 0.4) is 0 Å². The summed E-state index contributed by atoms with van der Waals surface area (Å²) in [6.07, 6.45) is -4.29. The Morgan fingerprint density at radius 3 is 2.19 bits per heavy atom. The second-order valence-electron chi connectivity index (χ2n) is 3.27. The van der Waals surface area contributed by atoms with Crippen molar-refractivity contribution in [2.24, 2.45) is 0 Å². The number of rotatable bonds is 4. The summed E-state index contributed by atoms with van der Waals surface area (Å²) in [4.78, 5) is 0. The number of hydrogen-bond acceptors (Lipinski definition) is 2. The first-order valence-electron chi connectivity index (χ1n) is 4.95. The molecule has 90 valence electrons. The zero-order valence-electron chi connectivity index (χ0n) is 9.14. The molecule has 0 aliphatic carbocycles. The molecule has 0 bridgehead atoms. The number of halogens is 3. The van der Waals surface area contributed by atoms with Crippen molar-refractivity contribution in [2.75, 3.05) is 13.7 Å². The van der Waals surface area contributed by atoms with E-state index in [1.54, 1.807) is 0 Å². The van der Waals surface area contributed by atoms with E-state index >= 15 is 0 Å². The zero-order chi connectivity index (χ0) is 12.2. The highest BCUT2D eigenvalue weighted by atomic mass is 19.4. The lowest BCUT2D eigenvalue weighted by Gasteiger charge is -2.20. The van der Waals surface area contributed by atoms with Gasteiger partial charge in [0.2, 0.25) is 0 Å². The predicted octanol–water partition coefficient (Wildman–Crippen LogP) is 2.91. The van der Waals surface area contributed by atoms with E-state index in [0.717, 1.165) is 0 Å². The van der Waals surface area contributed by atoms with Gasteiger partial charge >= 0.3 is 6.18 Å². The largest absolute Gasteiger partial charge is 0.494 e. The van der Waals surface area contributed by atoms with Gasteiger partial charge in [-0.05, 0) is 31.7 Å². The second-order valence-corrected chi connectivity index (χ2v) is 3.27. The lowest BCUT2D eigenvalue weighted by molar-refractivity contribution is -0.156. The van der Waals surface area contributed by atoms with Crippen molar-refractivity contribution in [1.82, 2.24) is 5.32 Å². The van der Waals surface area contributed by atoms with Gasteiger partial charge in [0.15, 0.2) is 0 Å². The summed E-state index contributed by atoms with van der Waals surface area (Å²) in [7, 11) is 1.29. The minimum Gasteiger partial charge on any atom is -0.494 e. The van der Waals surface area contributed by atoms with Crippen LogP contribution in [0.1, 0.15) is 18.5 Å². The standard InChI is InChI=1S/C11H14F3NO/c1-3-16-9-6-4-8(5-7-9)10(15-2)11(12,13)14/h4-7,10,15H,3H2,1-2H3. The number of benzene rings is 1. The summed E-state index contributed by atoms with van der Waals surface area (Å²) in [5, 5.41) is 2.24. The molecule has 1 aromatic carbocycles. The molecule has 0 fully saturated rings. The van der Waals surface area contributed by atoms with Crippen molar-refractivity contribution in [3.05, 3.63) is 29.8 Å². The van der Waals surface area contributed by atoms with Gasteiger partial charge in [-0.25, -0.2) is 0 Å². The lowest BCUT2D eigenvalue weighted by Crippen LogP contribution is -2.31. The molecule has 5 heteroatoms.